The zero-order chi connectivity index (χ0) is 27.0. The number of rotatable bonds is 10. The van der Waals surface area contributed by atoms with Gasteiger partial charge in [0.1, 0.15) is 5.69 Å². The molecule has 0 aromatic carbocycles. The predicted molar refractivity (Wildman–Crippen MR) is 144 cm³/mol. The molecule has 2 fully saturated rings. The topological polar surface area (TPSA) is 114 Å². The normalized spacial score (nSPS) is 17.4. The molecule has 1 saturated carbocycles. The van der Waals surface area contributed by atoms with Crippen LogP contribution in [0, 0.1) is 50.4 Å². The maximum atomic E-state index is 14.9. The third kappa shape index (κ3) is 8.61. The summed E-state index contributed by atoms with van der Waals surface area (Å²) in [5.41, 5.74) is 1.25. The molecule has 10 nitrogen and oxygen atoms in total. The average Bonchev–Trinajstić information content (AvgIpc) is 3.19. The van der Waals surface area contributed by atoms with E-state index in [2.05, 4.69) is 30.8 Å². The molecule has 4 rings (SSSR count). The van der Waals surface area contributed by atoms with Gasteiger partial charge >= 0.3 is 6.01 Å². The van der Waals surface area contributed by atoms with Crippen LogP contribution in [-0.4, -0.2) is 72.9 Å². The smallest absolute Gasteiger partial charge is 0.319 e. The number of hydrogen-bond acceptors (Lipinski definition) is 9. The Morgan fingerprint density at radius 2 is 1.92 bits per heavy atom. The molecule has 1 atom stereocenters. The van der Waals surface area contributed by atoms with Crippen molar-refractivity contribution in [2.75, 3.05) is 51.1 Å². The molecule has 0 radical (unpaired) electrons. The largest absolute Gasteiger partial charge is 0.480 e. The average molecular weight is 775 g/mol. The Kier molecular flexibility index (Phi) is 14.4. The molecule has 1 amide bonds. The van der Waals surface area contributed by atoms with E-state index in [1.54, 1.807) is 13.1 Å². The second-order valence-corrected chi connectivity index (χ2v) is 8.97. The first kappa shape index (κ1) is 34.8. The maximum absolute atomic E-state index is 14.9. The zero-order valence-electron chi connectivity index (χ0n) is 23.7. The van der Waals surface area contributed by atoms with Crippen molar-refractivity contribution in [3.63, 3.8) is 0 Å². The molecule has 13 heteroatoms. The molecule has 3 heterocycles. The summed E-state index contributed by atoms with van der Waals surface area (Å²) in [6, 6.07) is 1.77. The van der Waals surface area contributed by atoms with Crippen LogP contribution in [0.1, 0.15) is 46.0 Å². The summed E-state index contributed by atoms with van der Waals surface area (Å²) in [5, 5.41) is 14.1. The van der Waals surface area contributed by atoms with Gasteiger partial charge in [0.15, 0.2) is 5.82 Å². The molecule has 2 N–H and O–H groups in total. The first-order valence-electron chi connectivity index (χ1n) is 12.7. The van der Waals surface area contributed by atoms with Crippen molar-refractivity contribution in [1.29, 1.82) is 0 Å². The van der Waals surface area contributed by atoms with Crippen LogP contribution in [0.4, 0.5) is 20.3 Å². The predicted octanol–water partition coefficient (Wildman–Crippen LogP) is 4.24. The van der Waals surface area contributed by atoms with E-state index in [4.69, 9.17) is 9.47 Å². The number of halogens is 2. The maximum Gasteiger partial charge on any atom is 0.319 e. The number of nitrogens with zero attached hydrogens (tertiary/aromatic N) is 5. The fraction of sp³-hybridized carbons (Fsp3) is 0.615. The Bertz CT molecular complexity index is 1060. The van der Waals surface area contributed by atoms with Gasteiger partial charge in [-0.1, -0.05) is 33.1 Å². The van der Waals surface area contributed by atoms with Crippen LogP contribution in [0.5, 0.6) is 11.9 Å². The van der Waals surface area contributed by atoms with Crippen LogP contribution in [-0.2, 0) is 4.79 Å². The van der Waals surface area contributed by atoms with Crippen LogP contribution in [0.2, 0.25) is 0 Å². The summed E-state index contributed by atoms with van der Waals surface area (Å²) in [6.07, 6.45) is 5.78. The number of ether oxygens (including phenoxy) is 2. The molecule has 2 aromatic rings. The van der Waals surface area contributed by atoms with Gasteiger partial charge in [0.2, 0.25) is 11.8 Å². The Balaban J connectivity index is 0.00000186. The molecule has 0 bridgehead atoms. The van der Waals surface area contributed by atoms with Gasteiger partial charge < -0.3 is 32.4 Å². The number of alkyl halides is 2. The summed E-state index contributed by atoms with van der Waals surface area (Å²) in [7, 11) is 4.53. The summed E-state index contributed by atoms with van der Waals surface area (Å²) in [5.74, 6) is -3.24. The number of nitrogens with one attached hydrogen (secondary N) is 2. The Morgan fingerprint density at radius 1 is 1.21 bits per heavy atom. The van der Waals surface area contributed by atoms with Crippen LogP contribution in [0.3, 0.4) is 0 Å². The van der Waals surface area contributed by atoms with E-state index in [9.17, 15) is 13.6 Å². The van der Waals surface area contributed by atoms with Gasteiger partial charge in [-0.3, -0.25) is 4.79 Å². The number of anilines is 2. The van der Waals surface area contributed by atoms with E-state index in [1.807, 2.05) is 13.8 Å². The summed E-state index contributed by atoms with van der Waals surface area (Å²) < 4.78 is 40.2. The van der Waals surface area contributed by atoms with Gasteiger partial charge in [-0.25, -0.2) is 13.8 Å². The molecule has 1 aliphatic carbocycles. The number of amides is 1. The molecule has 1 saturated heterocycles. The first-order chi connectivity index (χ1) is 17.8. The minimum absolute atomic E-state index is 0. The van der Waals surface area contributed by atoms with Gasteiger partial charge in [0.05, 0.1) is 37.9 Å². The third-order valence-electron chi connectivity index (χ3n) is 6.71. The molecule has 2 aliphatic rings. The Morgan fingerprint density at radius 3 is 2.51 bits per heavy atom. The van der Waals surface area contributed by atoms with Crippen LogP contribution < -0.4 is 25.0 Å². The monoisotopic (exact) mass is 774 g/mol. The van der Waals surface area contributed by atoms with Gasteiger partial charge in [-0.2, -0.15) is 4.98 Å². The van der Waals surface area contributed by atoms with Gasteiger partial charge in [0.25, 0.3) is 5.92 Å². The molecular formula is C26H40F2N7O3U-. The van der Waals surface area contributed by atoms with Gasteiger partial charge in [0, 0.05) is 63.9 Å². The minimum Gasteiger partial charge on any atom is -0.480 e. The minimum atomic E-state index is -3.03. The fourth-order valence-electron chi connectivity index (χ4n) is 4.45. The van der Waals surface area contributed by atoms with E-state index >= 15 is 0 Å². The molecule has 1 unspecified atom stereocenters. The standard InChI is InChI=1S/C23H31F2N7O3.C2H6.CH3.U/c1-26-20-18(10-17(30-31-20)16-11-28-22(35-3)29-21(16)34-2)32-12-15(23(24,25)13-32)9-19(33)27-8-7-14-5-4-6-14;1-2;;/h10-11,14-15H,4-9,12-13H2,1-3H3,(H,26,31)(H,27,33);1-2H3;1H3;/q;;-1;. The van der Waals surface area contributed by atoms with E-state index in [0.29, 0.717) is 35.2 Å². The Hall–Kier alpha value is -2.26. The van der Waals surface area contributed by atoms with Gasteiger partial charge in [-0.15, -0.1) is 10.2 Å². The van der Waals surface area contributed by atoms with Crippen molar-refractivity contribution in [2.45, 2.75) is 51.9 Å². The summed E-state index contributed by atoms with van der Waals surface area (Å²) >= 11 is 0. The Labute approximate surface area is 253 Å². The molecule has 1 aliphatic heterocycles. The molecule has 216 valence electrons. The summed E-state index contributed by atoms with van der Waals surface area (Å²) in [4.78, 5) is 22.1. The summed E-state index contributed by atoms with van der Waals surface area (Å²) in [6.45, 7) is 4.03. The second-order valence-electron chi connectivity index (χ2n) is 8.97. The quantitative estimate of drug-likeness (QED) is 0.343. The fourth-order valence-corrected chi connectivity index (χ4v) is 4.45. The van der Waals surface area contributed by atoms with Crippen LogP contribution >= 0.6 is 0 Å². The molecule has 39 heavy (non-hydrogen) atoms. The number of methoxy groups -OCH3 is 2. The molecular weight excluding hydrogens is 734 g/mol. The van der Waals surface area contributed by atoms with Crippen molar-refractivity contribution in [2.24, 2.45) is 11.8 Å². The van der Waals surface area contributed by atoms with Gasteiger partial charge in [-0.05, 0) is 18.4 Å². The van der Waals surface area contributed by atoms with Crippen molar-refractivity contribution >= 4 is 17.4 Å². The van der Waals surface area contributed by atoms with Crippen LogP contribution in [0.15, 0.2) is 12.3 Å². The number of carbonyl (C=O) groups excluding carboxylic acids is 1. The number of aromatic nitrogens is 4. The van der Waals surface area contributed by atoms with Crippen LogP contribution in [0.25, 0.3) is 11.3 Å². The third-order valence-corrected chi connectivity index (χ3v) is 6.71. The number of hydrogen-bond donors (Lipinski definition) is 2. The van der Waals surface area contributed by atoms with Crippen molar-refractivity contribution in [3.8, 4) is 23.1 Å². The van der Waals surface area contributed by atoms with Crippen molar-refractivity contribution < 1.29 is 54.2 Å². The van der Waals surface area contributed by atoms with Crippen molar-refractivity contribution in [1.82, 2.24) is 25.5 Å². The van der Waals surface area contributed by atoms with E-state index in [-0.39, 0.29) is 69.3 Å². The molecule has 2 aromatic heterocycles. The van der Waals surface area contributed by atoms with E-state index in [1.165, 1.54) is 44.6 Å². The first-order valence-corrected chi connectivity index (χ1v) is 12.7. The van der Waals surface area contributed by atoms with Crippen molar-refractivity contribution in [3.05, 3.63) is 19.7 Å². The second kappa shape index (κ2) is 16.1. The SMILES string of the molecule is CC.CNc1nnc(-c2cnc(OC)nc2OC)cc1N1CC(CC(=O)NCCC2CCC2)C(F)(F)C1.[CH3-].[U]. The zero-order valence-corrected chi connectivity index (χ0v) is 27.8. The number of carbonyl (C=O) groups is 1. The van der Waals surface area contributed by atoms with E-state index in [0.717, 1.165) is 6.42 Å². The van der Waals surface area contributed by atoms with E-state index < -0.39 is 18.4 Å². The molecule has 0 spiro atoms.